The Kier molecular flexibility index (Phi) is 5.42. The first-order valence-electron chi connectivity index (χ1n) is 8.97. The fraction of sp³-hybridized carbons (Fsp3) is 0.200. The zero-order chi connectivity index (χ0) is 21.3. The summed E-state index contributed by atoms with van der Waals surface area (Å²) in [5.74, 6) is 0.384. The summed E-state index contributed by atoms with van der Waals surface area (Å²) in [7, 11) is 3.05. The van der Waals surface area contributed by atoms with Gasteiger partial charge in [-0.25, -0.2) is 4.39 Å². The normalized spacial score (nSPS) is 11.1. The Morgan fingerprint density at radius 2 is 2.10 bits per heavy atom. The van der Waals surface area contributed by atoms with Gasteiger partial charge in [-0.05, 0) is 47.7 Å². The standard InChI is InChI=1S/C20H18FN5O3S/c1-11-23-24-25-26(11)15-9-12(7-8-16(15)29-3)22-20(27)19-13(10-28-2)18-14(21)5-4-6-17(18)30-19/h4-9H,10H2,1-3H3,(H,22,27). The number of amides is 1. The van der Waals surface area contributed by atoms with Crippen molar-refractivity contribution >= 4 is 33.0 Å². The molecule has 4 rings (SSSR count). The number of aryl methyl sites for hydroxylation is 1. The second-order valence-corrected chi connectivity index (χ2v) is 7.49. The number of ether oxygens (including phenoxy) is 2. The van der Waals surface area contributed by atoms with E-state index >= 15 is 0 Å². The lowest BCUT2D eigenvalue weighted by atomic mass is 10.1. The van der Waals surface area contributed by atoms with Crippen LogP contribution in [-0.2, 0) is 11.3 Å². The summed E-state index contributed by atoms with van der Waals surface area (Å²) in [6.07, 6.45) is 0. The van der Waals surface area contributed by atoms with E-state index in [1.807, 2.05) is 0 Å². The van der Waals surface area contributed by atoms with Crippen molar-refractivity contribution < 1.29 is 18.7 Å². The van der Waals surface area contributed by atoms with Gasteiger partial charge in [-0.3, -0.25) is 4.79 Å². The predicted octanol–water partition coefficient (Wildman–Crippen LogP) is 3.73. The first-order chi connectivity index (χ1) is 14.5. The van der Waals surface area contributed by atoms with Gasteiger partial charge in [0.1, 0.15) is 17.3 Å². The first kappa shape index (κ1) is 19.9. The van der Waals surface area contributed by atoms with Crippen LogP contribution in [0.15, 0.2) is 36.4 Å². The fourth-order valence-electron chi connectivity index (χ4n) is 3.21. The van der Waals surface area contributed by atoms with Crippen molar-refractivity contribution in [3.05, 3.63) is 58.5 Å². The van der Waals surface area contributed by atoms with Crippen molar-refractivity contribution in [2.45, 2.75) is 13.5 Å². The predicted molar refractivity (Wildman–Crippen MR) is 111 cm³/mol. The lowest BCUT2D eigenvalue weighted by Crippen LogP contribution is -2.13. The molecule has 0 bridgehead atoms. The summed E-state index contributed by atoms with van der Waals surface area (Å²) >= 11 is 1.22. The van der Waals surface area contributed by atoms with Crippen LogP contribution in [0, 0.1) is 12.7 Å². The number of benzene rings is 2. The Balaban J connectivity index is 1.72. The monoisotopic (exact) mass is 427 g/mol. The Hall–Kier alpha value is -3.37. The molecule has 1 N–H and O–H groups in total. The third-order valence-corrected chi connectivity index (χ3v) is 5.74. The van der Waals surface area contributed by atoms with Crippen molar-refractivity contribution in [3.63, 3.8) is 0 Å². The molecule has 0 aliphatic heterocycles. The Morgan fingerprint density at radius 1 is 1.27 bits per heavy atom. The van der Waals surface area contributed by atoms with Crippen molar-refractivity contribution in [1.29, 1.82) is 0 Å². The number of thiophene rings is 1. The third-order valence-electron chi connectivity index (χ3n) is 4.55. The summed E-state index contributed by atoms with van der Waals surface area (Å²) in [5, 5.41) is 14.8. The molecule has 2 aromatic heterocycles. The number of anilines is 1. The third kappa shape index (κ3) is 3.51. The van der Waals surface area contributed by atoms with Crippen LogP contribution < -0.4 is 10.1 Å². The van der Waals surface area contributed by atoms with Gasteiger partial charge < -0.3 is 14.8 Å². The van der Waals surface area contributed by atoms with Gasteiger partial charge >= 0.3 is 0 Å². The van der Waals surface area contributed by atoms with E-state index in [0.29, 0.717) is 43.5 Å². The molecule has 8 nitrogen and oxygen atoms in total. The molecule has 0 aliphatic carbocycles. The maximum atomic E-state index is 14.4. The topological polar surface area (TPSA) is 91.2 Å². The number of fused-ring (bicyclic) bond motifs is 1. The highest BCUT2D eigenvalue weighted by molar-refractivity contribution is 7.21. The SMILES string of the molecule is COCc1c(C(=O)Nc2ccc(OC)c(-n3nnnc3C)c2)sc2cccc(F)c12. The maximum absolute atomic E-state index is 14.4. The van der Waals surface area contributed by atoms with Gasteiger partial charge in [-0.15, -0.1) is 16.4 Å². The minimum absolute atomic E-state index is 0.126. The molecule has 0 unspecified atom stereocenters. The number of rotatable bonds is 6. The minimum Gasteiger partial charge on any atom is -0.494 e. The number of nitrogens with zero attached hydrogens (tertiary/aromatic N) is 4. The molecule has 0 spiro atoms. The van der Waals surface area contributed by atoms with E-state index in [1.54, 1.807) is 44.4 Å². The maximum Gasteiger partial charge on any atom is 0.266 e. The highest BCUT2D eigenvalue weighted by atomic mass is 32.1. The molecule has 1 amide bonds. The molecule has 0 fully saturated rings. The fourth-order valence-corrected chi connectivity index (χ4v) is 4.33. The molecule has 2 heterocycles. The van der Waals surface area contributed by atoms with Gasteiger partial charge in [0.2, 0.25) is 0 Å². The molecule has 4 aromatic rings. The molecule has 0 saturated carbocycles. The van der Waals surface area contributed by atoms with E-state index in [4.69, 9.17) is 9.47 Å². The second kappa shape index (κ2) is 8.17. The summed E-state index contributed by atoms with van der Waals surface area (Å²) in [6.45, 7) is 1.88. The molecule has 0 atom stereocenters. The number of methoxy groups -OCH3 is 2. The van der Waals surface area contributed by atoms with Crippen molar-refractivity contribution in [3.8, 4) is 11.4 Å². The summed E-state index contributed by atoms with van der Waals surface area (Å²) in [4.78, 5) is 13.4. The van der Waals surface area contributed by atoms with E-state index in [-0.39, 0.29) is 18.3 Å². The highest BCUT2D eigenvalue weighted by Crippen LogP contribution is 2.34. The number of hydrogen-bond acceptors (Lipinski definition) is 7. The van der Waals surface area contributed by atoms with E-state index in [1.165, 1.54) is 29.2 Å². The molecular weight excluding hydrogens is 409 g/mol. The van der Waals surface area contributed by atoms with E-state index < -0.39 is 0 Å². The molecule has 10 heteroatoms. The second-order valence-electron chi connectivity index (χ2n) is 6.43. The summed E-state index contributed by atoms with van der Waals surface area (Å²) in [5.41, 5.74) is 1.63. The van der Waals surface area contributed by atoms with Crippen LogP contribution in [-0.4, -0.2) is 40.3 Å². The van der Waals surface area contributed by atoms with Gasteiger partial charge in [0, 0.05) is 28.4 Å². The van der Waals surface area contributed by atoms with Crippen molar-refractivity contribution in [1.82, 2.24) is 20.2 Å². The molecular formula is C20H18FN5O3S. The Labute approximate surface area is 175 Å². The van der Waals surface area contributed by atoms with Crippen LogP contribution in [0.2, 0.25) is 0 Å². The first-order valence-corrected chi connectivity index (χ1v) is 9.78. The van der Waals surface area contributed by atoms with Crippen LogP contribution in [0.1, 0.15) is 21.1 Å². The molecule has 0 radical (unpaired) electrons. The molecule has 0 aliphatic rings. The van der Waals surface area contributed by atoms with E-state index in [2.05, 4.69) is 20.8 Å². The smallest absolute Gasteiger partial charge is 0.266 e. The minimum atomic E-state index is -0.379. The van der Waals surface area contributed by atoms with Crippen LogP contribution >= 0.6 is 11.3 Å². The van der Waals surface area contributed by atoms with E-state index in [0.717, 1.165) is 0 Å². The van der Waals surface area contributed by atoms with Crippen LogP contribution in [0.4, 0.5) is 10.1 Å². The van der Waals surface area contributed by atoms with Gasteiger partial charge in [0.05, 0.1) is 18.6 Å². The Morgan fingerprint density at radius 3 is 2.80 bits per heavy atom. The van der Waals surface area contributed by atoms with E-state index in [9.17, 15) is 9.18 Å². The summed E-state index contributed by atoms with van der Waals surface area (Å²) in [6, 6.07) is 9.92. The number of nitrogens with one attached hydrogen (secondary N) is 1. The van der Waals surface area contributed by atoms with Crippen molar-refractivity contribution in [2.24, 2.45) is 0 Å². The number of carbonyl (C=O) groups excluding carboxylic acids is 1. The highest BCUT2D eigenvalue weighted by Gasteiger charge is 2.21. The molecule has 30 heavy (non-hydrogen) atoms. The van der Waals surface area contributed by atoms with Crippen LogP contribution in [0.25, 0.3) is 15.8 Å². The average molecular weight is 427 g/mol. The number of aromatic nitrogens is 4. The van der Waals surface area contributed by atoms with Gasteiger partial charge in [0.15, 0.2) is 5.82 Å². The van der Waals surface area contributed by atoms with Crippen molar-refractivity contribution in [2.75, 3.05) is 19.5 Å². The van der Waals surface area contributed by atoms with Crippen LogP contribution in [0.3, 0.4) is 0 Å². The molecule has 154 valence electrons. The lowest BCUT2D eigenvalue weighted by Gasteiger charge is -2.12. The van der Waals surface area contributed by atoms with Gasteiger partial charge in [0.25, 0.3) is 5.91 Å². The summed E-state index contributed by atoms with van der Waals surface area (Å²) < 4.78 is 27.2. The number of carbonyl (C=O) groups is 1. The molecule has 2 aromatic carbocycles. The average Bonchev–Trinajstić information content (AvgIpc) is 3.33. The number of tetrazole rings is 1. The Bertz CT molecular complexity index is 1240. The number of hydrogen-bond donors (Lipinski definition) is 1. The zero-order valence-corrected chi connectivity index (χ0v) is 17.3. The van der Waals surface area contributed by atoms with Gasteiger partial charge in [-0.1, -0.05) is 6.07 Å². The molecule has 0 saturated heterocycles. The van der Waals surface area contributed by atoms with Crippen LogP contribution in [0.5, 0.6) is 5.75 Å². The largest absolute Gasteiger partial charge is 0.494 e. The zero-order valence-electron chi connectivity index (χ0n) is 16.5. The number of halogens is 1. The van der Waals surface area contributed by atoms with Gasteiger partial charge in [-0.2, -0.15) is 4.68 Å². The quantitative estimate of drug-likeness (QED) is 0.504. The lowest BCUT2D eigenvalue weighted by molar-refractivity contribution is 0.102.